The van der Waals surface area contributed by atoms with Gasteiger partial charge in [-0.1, -0.05) is 37.3 Å². The number of anilines is 2. The average molecular weight is 364 g/mol. The van der Waals surface area contributed by atoms with Crippen molar-refractivity contribution in [1.29, 1.82) is 0 Å². The highest BCUT2D eigenvalue weighted by molar-refractivity contribution is 7.14. The first-order valence-corrected chi connectivity index (χ1v) is 9.25. The van der Waals surface area contributed by atoms with E-state index < -0.39 is 0 Å². The van der Waals surface area contributed by atoms with Crippen LogP contribution in [-0.4, -0.2) is 16.6 Å². The summed E-state index contributed by atoms with van der Waals surface area (Å²) in [5, 5.41) is 9.90. The van der Waals surface area contributed by atoms with Gasteiger partial charge in [-0.15, -0.1) is 11.3 Å². The predicted octanol–water partition coefficient (Wildman–Crippen LogP) is 5.26. The molecule has 0 atom stereocenters. The fourth-order valence-corrected chi connectivity index (χ4v) is 2.86. The van der Waals surface area contributed by atoms with Gasteiger partial charge in [0.1, 0.15) is 0 Å². The molecule has 0 radical (unpaired) electrons. The number of hydrogen-bond acceptors (Lipinski definition) is 5. The molecule has 1 amide bonds. The average Bonchev–Trinajstić information content (AvgIpc) is 3.16. The van der Waals surface area contributed by atoms with Crippen LogP contribution < -0.4 is 10.7 Å². The Labute approximate surface area is 156 Å². The Morgan fingerprint density at radius 1 is 1.12 bits per heavy atom. The molecule has 2 N–H and O–H groups in total. The number of nitrogens with zero attached hydrogens (tertiary/aromatic N) is 2. The van der Waals surface area contributed by atoms with Gasteiger partial charge in [0.2, 0.25) is 5.13 Å². The SMILES string of the molecule is CC/C(C)=N/Nc1nc(-c2ccc(NC(=O)c3ccccc3)cc2)cs1. The highest BCUT2D eigenvalue weighted by atomic mass is 32.1. The van der Waals surface area contributed by atoms with E-state index in [1.807, 2.05) is 54.8 Å². The third-order valence-corrected chi connectivity index (χ3v) is 4.58. The number of carbonyl (C=O) groups is 1. The van der Waals surface area contributed by atoms with Gasteiger partial charge < -0.3 is 5.32 Å². The van der Waals surface area contributed by atoms with Crippen LogP contribution in [0.25, 0.3) is 11.3 Å². The number of benzene rings is 2. The molecule has 2 aromatic carbocycles. The number of carbonyl (C=O) groups excluding carboxylic acids is 1. The Hall–Kier alpha value is -2.99. The molecule has 26 heavy (non-hydrogen) atoms. The summed E-state index contributed by atoms with van der Waals surface area (Å²) in [4.78, 5) is 16.7. The minimum atomic E-state index is -0.123. The molecule has 0 aliphatic carbocycles. The third kappa shape index (κ3) is 4.55. The van der Waals surface area contributed by atoms with Crippen LogP contribution in [0.15, 0.2) is 65.1 Å². The zero-order chi connectivity index (χ0) is 18.4. The van der Waals surface area contributed by atoms with E-state index in [9.17, 15) is 4.79 Å². The molecule has 3 rings (SSSR count). The second kappa shape index (κ2) is 8.40. The van der Waals surface area contributed by atoms with E-state index in [1.165, 1.54) is 11.3 Å². The van der Waals surface area contributed by atoms with Gasteiger partial charge in [0, 0.05) is 27.9 Å². The number of aromatic nitrogens is 1. The first kappa shape index (κ1) is 17.8. The van der Waals surface area contributed by atoms with Crippen molar-refractivity contribution in [2.75, 3.05) is 10.7 Å². The molecule has 0 spiro atoms. The van der Waals surface area contributed by atoms with Gasteiger partial charge in [-0.05, 0) is 37.6 Å². The topological polar surface area (TPSA) is 66.4 Å². The Morgan fingerprint density at radius 3 is 2.54 bits per heavy atom. The van der Waals surface area contributed by atoms with Crippen LogP contribution in [0, 0.1) is 0 Å². The zero-order valence-corrected chi connectivity index (χ0v) is 15.5. The van der Waals surface area contributed by atoms with E-state index in [0.717, 1.165) is 34.2 Å². The van der Waals surface area contributed by atoms with Crippen LogP contribution in [0.3, 0.4) is 0 Å². The van der Waals surface area contributed by atoms with E-state index in [-0.39, 0.29) is 5.91 Å². The van der Waals surface area contributed by atoms with Crippen LogP contribution in [-0.2, 0) is 0 Å². The third-order valence-electron chi connectivity index (χ3n) is 3.83. The Bertz CT molecular complexity index is 901. The van der Waals surface area contributed by atoms with Crippen molar-refractivity contribution in [1.82, 2.24) is 4.98 Å². The summed E-state index contributed by atoms with van der Waals surface area (Å²) in [7, 11) is 0. The van der Waals surface area contributed by atoms with Crippen molar-refractivity contribution in [2.45, 2.75) is 20.3 Å². The molecule has 132 valence electrons. The highest BCUT2D eigenvalue weighted by Crippen LogP contribution is 2.26. The molecule has 1 aromatic heterocycles. The Balaban J connectivity index is 1.66. The lowest BCUT2D eigenvalue weighted by atomic mass is 10.1. The van der Waals surface area contributed by atoms with Gasteiger partial charge in [0.15, 0.2) is 0 Å². The maximum absolute atomic E-state index is 12.2. The highest BCUT2D eigenvalue weighted by Gasteiger charge is 2.07. The molecule has 1 heterocycles. The number of thiazole rings is 1. The number of amides is 1. The molecular weight excluding hydrogens is 344 g/mol. The van der Waals surface area contributed by atoms with Crippen LogP contribution in [0.5, 0.6) is 0 Å². The smallest absolute Gasteiger partial charge is 0.255 e. The minimum absolute atomic E-state index is 0.123. The molecule has 0 aliphatic heterocycles. The lowest BCUT2D eigenvalue weighted by Gasteiger charge is -2.06. The fourth-order valence-electron chi connectivity index (χ4n) is 2.20. The maximum Gasteiger partial charge on any atom is 0.255 e. The molecule has 0 aliphatic rings. The summed E-state index contributed by atoms with van der Waals surface area (Å²) >= 11 is 1.51. The van der Waals surface area contributed by atoms with Crippen LogP contribution >= 0.6 is 11.3 Å². The van der Waals surface area contributed by atoms with E-state index >= 15 is 0 Å². The second-order valence-corrected chi connectivity index (χ2v) is 6.61. The van der Waals surface area contributed by atoms with E-state index in [4.69, 9.17) is 0 Å². The number of rotatable bonds is 6. The van der Waals surface area contributed by atoms with Crippen molar-refractivity contribution in [2.24, 2.45) is 5.10 Å². The summed E-state index contributed by atoms with van der Waals surface area (Å²) in [5.41, 5.74) is 7.26. The second-order valence-electron chi connectivity index (χ2n) is 5.75. The van der Waals surface area contributed by atoms with Gasteiger partial charge >= 0.3 is 0 Å². The monoisotopic (exact) mass is 364 g/mol. The largest absolute Gasteiger partial charge is 0.322 e. The summed E-state index contributed by atoms with van der Waals surface area (Å²) in [6.45, 7) is 4.04. The number of nitrogens with one attached hydrogen (secondary N) is 2. The summed E-state index contributed by atoms with van der Waals surface area (Å²) < 4.78 is 0. The standard InChI is InChI=1S/C20H20N4OS/c1-3-14(2)23-24-20-22-18(13-26-20)15-9-11-17(12-10-15)21-19(25)16-7-5-4-6-8-16/h4-13H,3H2,1-2H3,(H,21,25)(H,22,24)/b23-14+. The van der Waals surface area contributed by atoms with Crippen molar-refractivity contribution in [3.63, 3.8) is 0 Å². The van der Waals surface area contributed by atoms with E-state index in [0.29, 0.717) is 5.56 Å². The molecule has 0 fully saturated rings. The first-order valence-electron chi connectivity index (χ1n) is 8.37. The van der Waals surface area contributed by atoms with Crippen LogP contribution in [0.2, 0.25) is 0 Å². The maximum atomic E-state index is 12.2. The van der Waals surface area contributed by atoms with Crippen molar-refractivity contribution in [3.05, 3.63) is 65.5 Å². The molecule has 0 saturated heterocycles. The van der Waals surface area contributed by atoms with Crippen molar-refractivity contribution >= 4 is 33.8 Å². The van der Waals surface area contributed by atoms with E-state index in [2.05, 4.69) is 27.8 Å². The van der Waals surface area contributed by atoms with Gasteiger partial charge in [-0.25, -0.2) is 4.98 Å². The normalized spacial score (nSPS) is 11.2. The molecule has 0 unspecified atom stereocenters. The van der Waals surface area contributed by atoms with Crippen LogP contribution in [0.1, 0.15) is 30.6 Å². The molecule has 5 nitrogen and oxygen atoms in total. The summed E-state index contributed by atoms with van der Waals surface area (Å²) in [5.74, 6) is -0.123. The Morgan fingerprint density at radius 2 is 1.85 bits per heavy atom. The number of hydrazone groups is 1. The zero-order valence-electron chi connectivity index (χ0n) is 14.7. The quantitative estimate of drug-likeness (QED) is 0.463. The van der Waals surface area contributed by atoms with E-state index in [1.54, 1.807) is 12.1 Å². The number of hydrogen-bond donors (Lipinski definition) is 2. The summed E-state index contributed by atoms with van der Waals surface area (Å²) in [6.07, 6.45) is 0.904. The van der Waals surface area contributed by atoms with Crippen LogP contribution in [0.4, 0.5) is 10.8 Å². The first-order chi connectivity index (χ1) is 12.7. The van der Waals surface area contributed by atoms with Gasteiger partial charge in [-0.3, -0.25) is 10.2 Å². The summed E-state index contributed by atoms with van der Waals surface area (Å²) in [6, 6.07) is 16.8. The van der Waals surface area contributed by atoms with Crippen molar-refractivity contribution < 1.29 is 4.79 Å². The molecular formula is C20H20N4OS. The van der Waals surface area contributed by atoms with Gasteiger partial charge in [0.25, 0.3) is 5.91 Å². The molecule has 3 aromatic rings. The lowest BCUT2D eigenvalue weighted by molar-refractivity contribution is 0.102. The van der Waals surface area contributed by atoms with Crippen molar-refractivity contribution in [3.8, 4) is 11.3 Å². The molecule has 0 bridgehead atoms. The Kier molecular flexibility index (Phi) is 5.76. The fraction of sp³-hybridized carbons (Fsp3) is 0.150. The predicted molar refractivity (Wildman–Crippen MR) is 109 cm³/mol. The van der Waals surface area contributed by atoms with Gasteiger partial charge in [0.05, 0.1) is 5.69 Å². The minimum Gasteiger partial charge on any atom is -0.322 e. The molecule has 6 heteroatoms. The lowest BCUT2D eigenvalue weighted by Crippen LogP contribution is -2.11. The van der Waals surface area contributed by atoms with Gasteiger partial charge in [-0.2, -0.15) is 5.10 Å². The molecule has 0 saturated carbocycles.